The van der Waals surface area contributed by atoms with Gasteiger partial charge < -0.3 is 10.4 Å². The maximum Gasteiger partial charge on any atom is 0.312 e. The Morgan fingerprint density at radius 3 is 2.47 bits per heavy atom. The van der Waals surface area contributed by atoms with Crippen LogP contribution in [0.3, 0.4) is 0 Å². The number of carbonyl (C=O) groups excluding carboxylic acids is 1. The van der Waals surface area contributed by atoms with E-state index in [1.165, 1.54) is 12.8 Å². The Kier molecular flexibility index (Phi) is 4.45. The largest absolute Gasteiger partial charge is 0.481 e. The van der Waals surface area contributed by atoms with Crippen LogP contribution < -0.4 is 5.32 Å². The van der Waals surface area contributed by atoms with Crippen LogP contribution in [0.4, 0.5) is 0 Å². The Morgan fingerprint density at radius 2 is 2.00 bits per heavy atom. The first kappa shape index (κ1) is 12.4. The highest BCUT2D eigenvalue weighted by atomic mass is 32.2. The summed E-state index contributed by atoms with van der Waals surface area (Å²) in [6.45, 7) is 0.597. The second-order valence-corrected chi connectivity index (χ2v) is 5.22. The van der Waals surface area contributed by atoms with Crippen molar-refractivity contribution in [3.05, 3.63) is 0 Å². The van der Waals surface area contributed by atoms with Gasteiger partial charge in [0.1, 0.15) is 6.42 Å². The molecule has 1 aliphatic carbocycles. The van der Waals surface area contributed by atoms with Gasteiger partial charge in [0.05, 0.1) is 0 Å². The summed E-state index contributed by atoms with van der Waals surface area (Å²) in [7, 11) is 0. The van der Waals surface area contributed by atoms with Gasteiger partial charge in [-0.1, -0.05) is 12.8 Å². The van der Waals surface area contributed by atoms with Gasteiger partial charge in [-0.25, -0.2) is 0 Å². The Hall–Kier alpha value is -0.710. The Morgan fingerprint density at radius 1 is 1.40 bits per heavy atom. The lowest BCUT2D eigenvalue weighted by Crippen LogP contribution is -2.39. The summed E-state index contributed by atoms with van der Waals surface area (Å²) in [5, 5.41) is 11.1. The molecular weight excluding hydrogens is 214 g/mol. The SMILES string of the molecule is CSC1(CNC(=O)CC(=O)O)CCCC1. The molecule has 1 amide bonds. The maximum absolute atomic E-state index is 11.2. The van der Waals surface area contributed by atoms with Gasteiger partial charge in [0.25, 0.3) is 0 Å². The summed E-state index contributed by atoms with van der Waals surface area (Å²) in [5.41, 5.74) is 0. The molecule has 5 heteroatoms. The molecule has 1 saturated carbocycles. The quantitative estimate of drug-likeness (QED) is 0.699. The minimum atomic E-state index is -1.07. The van der Waals surface area contributed by atoms with E-state index in [9.17, 15) is 9.59 Å². The Labute approximate surface area is 93.8 Å². The minimum Gasteiger partial charge on any atom is -0.481 e. The number of amides is 1. The van der Waals surface area contributed by atoms with Gasteiger partial charge in [0.2, 0.25) is 5.91 Å². The molecule has 0 bridgehead atoms. The first-order chi connectivity index (χ1) is 7.08. The molecule has 0 heterocycles. The van der Waals surface area contributed by atoms with E-state index in [2.05, 4.69) is 11.6 Å². The summed E-state index contributed by atoms with van der Waals surface area (Å²) >= 11 is 1.78. The summed E-state index contributed by atoms with van der Waals surface area (Å²) in [6.07, 6.45) is 6.26. The van der Waals surface area contributed by atoms with Gasteiger partial charge in [0, 0.05) is 11.3 Å². The third kappa shape index (κ3) is 3.74. The molecule has 0 aromatic heterocycles. The van der Waals surface area contributed by atoms with Crippen molar-refractivity contribution >= 4 is 23.6 Å². The van der Waals surface area contributed by atoms with Gasteiger partial charge >= 0.3 is 5.97 Å². The molecule has 1 aliphatic rings. The number of carboxylic acids is 1. The maximum atomic E-state index is 11.2. The fourth-order valence-electron chi connectivity index (χ4n) is 1.93. The van der Waals surface area contributed by atoms with Crippen molar-refractivity contribution in [2.24, 2.45) is 0 Å². The van der Waals surface area contributed by atoms with Crippen LogP contribution in [-0.2, 0) is 9.59 Å². The molecule has 0 saturated heterocycles. The van der Waals surface area contributed by atoms with Crippen LogP contribution in [0.1, 0.15) is 32.1 Å². The number of carbonyl (C=O) groups is 2. The van der Waals surface area contributed by atoms with Crippen molar-refractivity contribution in [1.29, 1.82) is 0 Å². The van der Waals surface area contributed by atoms with Crippen molar-refractivity contribution < 1.29 is 14.7 Å². The van der Waals surface area contributed by atoms with Crippen molar-refractivity contribution in [2.45, 2.75) is 36.9 Å². The zero-order valence-electron chi connectivity index (χ0n) is 8.91. The number of hydrogen-bond acceptors (Lipinski definition) is 3. The second-order valence-electron chi connectivity index (χ2n) is 3.94. The zero-order valence-corrected chi connectivity index (χ0v) is 9.73. The molecule has 15 heavy (non-hydrogen) atoms. The van der Waals surface area contributed by atoms with Crippen LogP contribution in [0.15, 0.2) is 0 Å². The Balaban J connectivity index is 2.34. The molecule has 2 N–H and O–H groups in total. The molecule has 0 atom stereocenters. The predicted molar refractivity (Wildman–Crippen MR) is 60.0 cm³/mol. The molecule has 1 fully saturated rings. The highest BCUT2D eigenvalue weighted by Crippen LogP contribution is 2.39. The van der Waals surface area contributed by atoms with Crippen LogP contribution in [0.2, 0.25) is 0 Å². The van der Waals surface area contributed by atoms with Gasteiger partial charge in [-0.15, -0.1) is 0 Å². The highest BCUT2D eigenvalue weighted by Gasteiger charge is 2.33. The number of nitrogens with one attached hydrogen (secondary N) is 1. The fourth-order valence-corrected chi connectivity index (χ4v) is 2.85. The number of hydrogen-bond donors (Lipinski definition) is 2. The average Bonchev–Trinajstić information content (AvgIpc) is 2.63. The zero-order chi connectivity index (χ0) is 11.3. The number of thioether (sulfide) groups is 1. The third-order valence-electron chi connectivity index (χ3n) is 2.87. The third-order valence-corrected chi connectivity index (χ3v) is 4.29. The second kappa shape index (κ2) is 5.39. The Bertz CT molecular complexity index is 249. The molecule has 1 rings (SSSR count). The summed E-state index contributed by atoms with van der Waals surface area (Å²) < 4.78 is 0.147. The lowest BCUT2D eigenvalue weighted by molar-refractivity contribution is -0.140. The average molecular weight is 231 g/mol. The van der Waals surface area contributed by atoms with Crippen molar-refractivity contribution in [2.75, 3.05) is 12.8 Å². The summed E-state index contributed by atoms with van der Waals surface area (Å²) in [6, 6.07) is 0. The highest BCUT2D eigenvalue weighted by molar-refractivity contribution is 8.00. The van der Waals surface area contributed by atoms with Crippen LogP contribution in [0, 0.1) is 0 Å². The van der Waals surface area contributed by atoms with E-state index in [1.54, 1.807) is 11.8 Å². The van der Waals surface area contributed by atoms with Crippen molar-refractivity contribution in [3.8, 4) is 0 Å². The number of rotatable bonds is 5. The fraction of sp³-hybridized carbons (Fsp3) is 0.800. The van der Waals surface area contributed by atoms with E-state index < -0.39 is 12.4 Å². The van der Waals surface area contributed by atoms with Crippen LogP contribution in [-0.4, -0.2) is 34.5 Å². The molecule has 0 radical (unpaired) electrons. The molecule has 0 unspecified atom stereocenters. The summed E-state index contributed by atoms with van der Waals surface area (Å²) in [5.74, 6) is -1.46. The molecule has 0 aromatic carbocycles. The van der Waals surface area contributed by atoms with E-state index in [4.69, 9.17) is 5.11 Å². The van der Waals surface area contributed by atoms with Crippen LogP contribution in [0.5, 0.6) is 0 Å². The minimum absolute atomic E-state index is 0.147. The topological polar surface area (TPSA) is 66.4 Å². The van der Waals surface area contributed by atoms with Crippen LogP contribution >= 0.6 is 11.8 Å². The van der Waals surface area contributed by atoms with Gasteiger partial charge in [-0.2, -0.15) is 11.8 Å². The monoisotopic (exact) mass is 231 g/mol. The molecule has 0 aromatic rings. The molecule has 0 spiro atoms. The van der Waals surface area contributed by atoms with E-state index in [1.807, 2.05) is 0 Å². The summed E-state index contributed by atoms with van der Waals surface area (Å²) in [4.78, 5) is 21.5. The predicted octanol–water partition coefficient (Wildman–Crippen LogP) is 1.25. The number of carboxylic acid groups (broad SMARTS) is 1. The van der Waals surface area contributed by atoms with E-state index >= 15 is 0 Å². The molecular formula is C10H17NO3S. The first-order valence-electron chi connectivity index (χ1n) is 5.12. The molecule has 86 valence electrons. The van der Waals surface area contributed by atoms with Gasteiger partial charge in [-0.3, -0.25) is 9.59 Å². The smallest absolute Gasteiger partial charge is 0.312 e. The van der Waals surface area contributed by atoms with Crippen molar-refractivity contribution in [1.82, 2.24) is 5.32 Å². The first-order valence-corrected chi connectivity index (χ1v) is 6.34. The standard InChI is InChI=1S/C10H17NO3S/c1-15-10(4-2-3-5-10)7-11-8(12)6-9(13)14/h2-7H2,1H3,(H,11,12)(H,13,14). The van der Waals surface area contributed by atoms with Gasteiger partial charge in [0.15, 0.2) is 0 Å². The van der Waals surface area contributed by atoms with E-state index in [-0.39, 0.29) is 10.7 Å². The lowest BCUT2D eigenvalue weighted by atomic mass is 10.1. The normalized spacial score (nSPS) is 18.7. The molecule has 0 aliphatic heterocycles. The van der Waals surface area contributed by atoms with Crippen molar-refractivity contribution in [3.63, 3.8) is 0 Å². The van der Waals surface area contributed by atoms with E-state index in [0.717, 1.165) is 12.8 Å². The van der Waals surface area contributed by atoms with Gasteiger partial charge in [-0.05, 0) is 19.1 Å². The lowest BCUT2D eigenvalue weighted by Gasteiger charge is -2.26. The number of aliphatic carboxylic acids is 1. The molecule has 4 nitrogen and oxygen atoms in total. The van der Waals surface area contributed by atoms with Crippen LogP contribution in [0.25, 0.3) is 0 Å². The van der Waals surface area contributed by atoms with E-state index in [0.29, 0.717) is 6.54 Å².